The Morgan fingerprint density at radius 1 is 0.415 bits per heavy atom. The van der Waals surface area contributed by atoms with E-state index in [0.29, 0.717) is 17.5 Å². The second kappa shape index (κ2) is 13.1. The van der Waals surface area contributed by atoms with E-state index in [1.807, 2.05) is 61.9 Å². The summed E-state index contributed by atoms with van der Waals surface area (Å²) in [4.78, 5) is 15.5. The lowest BCUT2D eigenvalue weighted by molar-refractivity contribution is 0.588. The molecule has 0 fully saturated rings. The van der Waals surface area contributed by atoms with Gasteiger partial charge in [-0.25, -0.2) is 15.0 Å². The molecule has 0 saturated heterocycles. The fraction of sp³-hybridized carbons (Fsp3) is 0.0625. The Kier molecular flexibility index (Phi) is 8.06. The highest BCUT2D eigenvalue weighted by atomic mass is 31.2. The summed E-state index contributed by atoms with van der Waals surface area (Å²) >= 11 is 0. The maximum atomic E-state index is 13.5. The zero-order valence-corrected chi connectivity index (χ0v) is 30.4. The Balaban J connectivity index is 1.30. The molecule has 0 radical (unpaired) electrons. The predicted octanol–water partition coefficient (Wildman–Crippen LogP) is 11.2. The predicted molar refractivity (Wildman–Crippen MR) is 218 cm³/mol. The Hall–Kier alpha value is -6.22. The molecule has 0 bridgehead atoms. The first kappa shape index (κ1) is 32.7. The Bertz CT molecular complexity index is 2650. The zero-order valence-electron chi connectivity index (χ0n) is 29.5. The topological polar surface area (TPSA) is 55.7 Å². The molecule has 254 valence electrons. The molecule has 1 aliphatic rings. The van der Waals surface area contributed by atoms with Crippen LogP contribution in [0.3, 0.4) is 0 Å². The van der Waals surface area contributed by atoms with Crippen molar-refractivity contribution in [3.63, 3.8) is 0 Å². The number of fused-ring (bicyclic) bond motifs is 3. The van der Waals surface area contributed by atoms with Crippen molar-refractivity contribution in [2.75, 3.05) is 13.3 Å². The van der Waals surface area contributed by atoms with E-state index in [1.165, 1.54) is 5.56 Å². The number of benzene rings is 7. The molecule has 5 heteroatoms. The highest BCUT2D eigenvalue weighted by Crippen LogP contribution is 2.58. The summed E-state index contributed by atoms with van der Waals surface area (Å²) in [6.07, 6.45) is 0. The van der Waals surface area contributed by atoms with Crippen LogP contribution >= 0.6 is 7.14 Å². The number of hydrogen-bond donors (Lipinski definition) is 0. The van der Waals surface area contributed by atoms with Gasteiger partial charge >= 0.3 is 0 Å². The van der Waals surface area contributed by atoms with Crippen LogP contribution in [0.5, 0.6) is 0 Å². The lowest BCUT2D eigenvalue weighted by atomic mass is 9.67. The van der Waals surface area contributed by atoms with Crippen LogP contribution < -0.4 is 5.30 Å². The summed E-state index contributed by atoms with van der Waals surface area (Å²) in [6.45, 7) is 3.68. The van der Waals surface area contributed by atoms with Crippen LogP contribution in [0.2, 0.25) is 0 Å². The van der Waals surface area contributed by atoms with Gasteiger partial charge in [0.2, 0.25) is 0 Å². The molecule has 1 aromatic heterocycles. The average molecular weight is 702 g/mol. The number of hydrogen-bond acceptors (Lipinski definition) is 4. The molecule has 4 nitrogen and oxygen atoms in total. The Labute approximate surface area is 310 Å². The molecule has 1 aliphatic carbocycles. The first-order chi connectivity index (χ1) is 25.9. The largest absolute Gasteiger partial charge is 0.319 e. The molecule has 8 aromatic rings. The molecule has 1 atom stereocenters. The van der Waals surface area contributed by atoms with E-state index in [9.17, 15) is 4.57 Å². The summed E-state index contributed by atoms with van der Waals surface area (Å²) < 4.78 is 13.5. The molecule has 0 spiro atoms. The molecule has 1 heterocycles. The van der Waals surface area contributed by atoms with Gasteiger partial charge in [0.05, 0.1) is 5.41 Å². The quantitative estimate of drug-likeness (QED) is 0.155. The van der Waals surface area contributed by atoms with Crippen LogP contribution in [0.15, 0.2) is 182 Å². The molecular formula is C48H36N3OP. The summed E-state index contributed by atoms with van der Waals surface area (Å²) in [7, 11) is -2.55. The van der Waals surface area contributed by atoms with Gasteiger partial charge in [0.1, 0.15) is 7.14 Å². The van der Waals surface area contributed by atoms with E-state index in [-0.39, 0.29) is 0 Å². The van der Waals surface area contributed by atoms with Gasteiger partial charge in [0.25, 0.3) is 0 Å². The van der Waals surface area contributed by atoms with Gasteiger partial charge in [-0.05, 0) is 63.9 Å². The number of rotatable bonds is 7. The minimum atomic E-state index is -2.55. The molecule has 0 amide bonds. The molecule has 0 saturated carbocycles. The van der Waals surface area contributed by atoms with Crippen molar-refractivity contribution in [2.45, 2.75) is 5.41 Å². The van der Waals surface area contributed by atoms with Gasteiger partial charge in [-0.1, -0.05) is 176 Å². The molecule has 1 unspecified atom stereocenters. The van der Waals surface area contributed by atoms with Crippen LogP contribution in [0, 0.1) is 0 Å². The third-order valence-electron chi connectivity index (χ3n) is 10.3. The third-order valence-corrected chi connectivity index (χ3v) is 11.9. The van der Waals surface area contributed by atoms with Crippen molar-refractivity contribution in [1.82, 2.24) is 15.0 Å². The SMILES string of the molecule is CP(C)(=O)c1cccc(C2(c3ccccc3)c3ccccc3-c3c(-c4nc(-c5ccccc5)nc(-c5ccc(-c6ccccc6)cc5)n4)cccc32)c1. The van der Waals surface area contributed by atoms with Gasteiger partial charge in [-0.15, -0.1) is 0 Å². The lowest BCUT2D eigenvalue weighted by Gasteiger charge is -2.34. The van der Waals surface area contributed by atoms with E-state index in [0.717, 1.165) is 60.9 Å². The lowest BCUT2D eigenvalue weighted by Crippen LogP contribution is -2.29. The van der Waals surface area contributed by atoms with E-state index in [2.05, 4.69) is 133 Å². The smallest absolute Gasteiger partial charge is 0.164 e. The summed E-state index contributed by atoms with van der Waals surface area (Å²) in [5, 5.41) is 0.861. The first-order valence-corrected chi connectivity index (χ1v) is 20.4. The van der Waals surface area contributed by atoms with Crippen molar-refractivity contribution in [1.29, 1.82) is 0 Å². The minimum absolute atomic E-state index is 0.608. The minimum Gasteiger partial charge on any atom is -0.319 e. The number of nitrogens with zero attached hydrogens (tertiary/aromatic N) is 3. The van der Waals surface area contributed by atoms with Gasteiger partial charge in [0, 0.05) is 22.0 Å². The van der Waals surface area contributed by atoms with Crippen LogP contribution in [-0.4, -0.2) is 28.3 Å². The molecular weight excluding hydrogens is 666 g/mol. The van der Waals surface area contributed by atoms with E-state index in [4.69, 9.17) is 15.0 Å². The van der Waals surface area contributed by atoms with E-state index in [1.54, 1.807) is 0 Å². The fourth-order valence-corrected chi connectivity index (χ4v) is 8.74. The monoisotopic (exact) mass is 701 g/mol. The fourth-order valence-electron chi connectivity index (χ4n) is 7.85. The Morgan fingerprint density at radius 2 is 0.887 bits per heavy atom. The van der Waals surface area contributed by atoms with E-state index >= 15 is 0 Å². The molecule has 0 N–H and O–H groups in total. The average Bonchev–Trinajstić information content (AvgIpc) is 3.53. The van der Waals surface area contributed by atoms with Crippen molar-refractivity contribution < 1.29 is 4.57 Å². The zero-order chi connectivity index (χ0) is 36.0. The first-order valence-electron chi connectivity index (χ1n) is 17.8. The van der Waals surface area contributed by atoms with Crippen LogP contribution in [-0.2, 0) is 9.98 Å². The van der Waals surface area contributed by atoms with Gasteiger partial charge in [-0.3, -0.25) is 0 Å². The number of aromatic nitrogens is 3. The second-order valence-corrected chi connectivity index (χ2v) is 17.1. The highest BCUT2D eigenvalue weighted by molar-refractivity contribution is 7.70. The van der Waals surface area contributed by atoms with Crippen LogP contribution in [0.4, 0.5) is 0 Å². The molecule has 0 aliphatic heterocycles. The maximum absolute atomic E-state index is 13.5. The van der Waals surface area contributed by atoms with Gasteiger partial charge in [0.15, 0.2) is 17.5 Å². The highest BCUT2D eigenvalue weighted by Gasteiger charge is 2.47. The Morgan fingerprint density at radius 3 is 1.57 bits per heavy atom. The third kappa shape index (κ3) is 5.64. The standard InChI is InChI=1S/C48H36N3OP/c1-53(2,52)39-23-14-22-38(32-39)48(37-20-10-5-11-21-37)42-26-13-12-24-40(42)44-41(25-15-27-43(44)48)47-50-45(35-18-8-4-9-19-35)49-46(51-47)36-30-28-34(29-31-36)33-16-6-3-7-17-33/h3-32H,1-2H3. The van der Waals surface area contributed by atoms with Crippen molar-refractivity contribution >= 4 is 12.4 Å². The summed E-state index contributed by atoms with van der Waals surface area (Å²) in [5.74, 6) is 1.84. The van der Waals surface area contributed by atoms with Crippen LogP contribution in [0.1, 0.15) is 22.3 Å². The van der Waals surface area contributed by atoms with Crippen LogP contribution in [0.25, 0.3) is 56.4 Å². The summed E-state index contributed by atoms with van der Waals surface area (Å²) in [5.41, 5.74) is 11.1. The maximum Gasteiger partial charge on any atom is 0.164 e. The molecule has 53 heavy (non-hydrogen) atoms. The second-order valence-electron chi connectivity index (χ2n) is 13.9. The molecule has 9 rings (SSSR count). The summed E-state index contributed by atoms with van der Waals surface area (Å²) in [6, 6.07) is 63.1. The van der Waals surface area contributed by atoms with Gasteiger partial charge < -0.3 is 4.57 Å². The van der Waals surface area contributed by atoms with E-state index < -0.39 is 12.6 Å². The van der Waals surface area contributed by atoms with Crippen molar-refractivity contribution in [3.8, 4) is 56.4 Å². The van der Waals surface area contributed by atoms with Crippen molar-refractivity contribution in [3.05, 3.63) is 204 Å². The molecule has 7 aromatic carbocycles. The normalized spacial score (nSPS) is 14.8. The van der Waals surface area contributed by atoms with Crippen molar-refractivity contribution in [2.24, 2.45) is 0 Å². The van der Waals surface area contributed by atoms with Gasteiger partial charge in [-0.2, -0.15) is 0 Å².